The zero-order chi connectivity index (χ0) is 20.6. The summed E-state index contributed by atoms with van der Waals surface area (Å²) in [6.07, 6.45) is 2.60. The first kappa shape index (κ1) is 19.4. The average Bonchev–Trinajstić information content (AvgIpc) is 3.44. The predicted molar refractivity (Wildman–Crippen MR) is 106 cm³/mol. The number of carbonyl (C=O) groups excluding carboxylic acids is 3. The molecule has 2 aromatic rings. The fourth-order valence-corrected chi connectivity index (χ4v) is 3.86. The number of hydrogen-bond acceptors (Lipinski definition) is 6. The minimum absolute atomic E-state index is 0.00443. The molecule has 1 aromatic carbocycles. The maximum atomic E-state index is 12.4. The van der Waals surface area contributed by atoms with Gasteiger partial charge < -0.3 is 5.32 Å². The number of hydrazine groups is 1. The van der Waals surface area contributed by atoms with Gasteiger partial charge in [-0.1, -0.05) is 36.9 Å². The van der Waals surface area contributed by atoms with Gasteiger partial charge in [0.25, 0.3) is 5.91 Å². The lowest BCUT2D eigenvalue weighted by molar-refractivity contribution is -0.137. The van der Waals surface area contributed by atoms with Gasteiger partial charge in [0.15, 0.2) is 5.16 Å². The summed E-state index contributed by atoms with van der Waals surface area (Å²) < 4.78 is 1.97. The fourth-order valence-electron chi connectivity index (χ4n) is 3.11. The van der Waals surface area contributed by atoms with Crippen molar-refractivity contribution in [3.63, 3.8) is 0 Å². The molecule has 10 heteroatoms. The maximum absolute atomic E-state index is 12.4. The quantitative estimate of drug-likeness (QED) is 0.530. The van der Waals surface area contributed by atoms with E-state index in [0.717, 1.165) is 29.4 Å². The number of nitrogens with zero attached hydrogens (tertiary/aromatic N) is 4. The lowest BCUT2D eigenvalue weighted by Gasteiger charge is -2.19. The van der Waals surface area contributed by atoms with Crippen LogP contribution < -0.4 is 10.7 Å². The van der Waals surface area contributed by atoms with Crippen LogP contribution in [0, 0.1) is 0 Å². The number of benzene rings is 1. The second kappa shape index (κ2) is 7.51. The van der Waals surface area contributed by atoms with Gasteiger partial charge in [0.2, 0.25) is 5.91 Å². The van der Waals surface area contributed by atoms with Crippen LogP contribution in [0.2, 0.25) is 0 Å². The molecule has 2 N–H and O–H groups in total. The summed E-state index contributed by atoms with van der Waals surface area (Å²) in [7, 11) is 0. The predicted octanol–water partition coefficient (Wildman–Crippen LogP) is 1.99. The summed E-state index contributed by atoms with van der Waals surface area (Å²) in [5, 5.41) is 12.5. The van der Waals surface area contributed by atoms with Gasteiger partial charge in [-0.2, -0.15) is 5.01 Å². The summed E-state index contributed by atoms with van der Waals surface area (Å²) in [4.78, 5) is 36.8. The number of rotatable bonds is 7. The molecule has 1 aliphatic heterocycles. The molecule has 1 unspecified atom stereocenters. The number of para-hydroxylation sites is 1. The number of nitrogens with one attached hydrogen (secondary N) is 2. The molecular formula is C19H22N6O3S. The Kier molecular flexibility index (Phi) is 5.03. The average molecular weight is 414 g/mol. The molecule has 152 valence electrons. The normalized spacial score (nSPS) is 21.4. The molecule has 2 heterocycles. The van der Waals surface area contributed by atoms with Gasteiger partial charge >= 0.3 is 6.03 Å². The molecular weight excluding hydrogens is 392 g/mol. The minimum atomic E-state index is -0.996. The molecule has 0 radical (unpaired) electrons. The van der Waals surface area contributed by atoms with Gasteiger partial charge in [0.05, 0.1) is 5.75 Å². The van der Waals surface area contributed by atoms with Crippen molar-refractivity contribution in [2.24, 2.45) is 0 Å². The highest BCUT2D eigenvalue weighted by atomic mass is 32.2. The zero-order valence-corrected chi connectivity index (χ0v) is 17.0. The third kappa shape index (κ3) is 3.71. The summed E-state index contributed by atoms with van der Waals surface area (Å²) >= 11 is 1.22. The first-order valence-corrected chi connectivity index (χ1v) is 10.5. The molecule has 29 heavy (non-hydrogen) atoms. The summed E-state index contributed by atoms with van der Waals surface area (Å²) in [6, 6.07) is 9.13. The van der Waals surface area contributed by atoms with E-state index < -0.39 is 23.4 Å². The monoisotopic (exact) mass is 414 g/mol. The second-order valence-electron chi connectivity index (χ2n) is 7.37. The SMILES string of the molecule is CCC1(C)NC(=O)N(NC(=O)CSc2nnc(C3CC3)n2-c2ccccc2)C1=O. The first-order valence-electron chi connectivity index (χ1n) is 9.52. The third-order valence-corrected chi connectivity index (χ3v) is 6.08. The Bertz CT molecular complexity index is 958. The number of thioether (sulfide) groups is 1. The van der Waals surface area contributed by atoms with Crippen LogP contribution >= 0.6 is 11.8 Å². The molecule has 0 bridgehead atoms. The van der Waals surface area contributed by atoms with Crippen molar-refractivity contribution in [1.29, 1.82) is 0 Å². The van der Waals surface area contributed by atoms with Crippen molar-refractivity contribution in [3.8, 4) is 5.69 Å². The van der Waals surface area contributed by atoms with Crippen LogP contribution in [-0.4, -0.2) is 48.9 Å². The number of imide groups is 1. The second-order valence-corrected chi connectivity index (χ2v) is 8.31. The van der Waals surface area contributed by atoms with Crippen molar-refractivity contribution in [1.82, 2.24) is 30.5 Å². The van der Waals surface area contributed by atoms with E-state index in [1.165, 1.54) is 11.8 Å². The van der Waals surface area contributed by atoms with Gasteiger partial charge in [-0.15, -0.1) is 10.2 Å². The van der Waals surface area contributed by atoms with Crippen LogP contribution in [0.5, 0.6) is 0 Å². The van der Waals surface area contributed by atoms with Crippen molar-refractivity contribution >= 4 is 29.6 Å². The van der Waals surface area contributed by atoms with Crippen LogP contribution in [0.4, 0.5) is 4.79 Å². The Morgan fingerprint density at radius 1 is 1.28 bits per heavy atom. The third-order valence-electron chi connectivity index (χ3n) is 5.15. The van der Waals surface area contributed by atoms with Crippen LogP contribution in [-0.2, 0) is 9.59 Å². The lowest BCUT2D eigenvalue weighted by atomic mass is 10.00. The largest absolute Gasteiger partial charge is 0.344 e. The Labute approximate surface area is 172 Å². The molecule has 9 nitrogen and oxygen atoms in total. The van der Waals surface area contributed by atoms with Crippen LogP contribution in [0.3, 0.4) is 0 Å². The molecule has 2 fully saturated rings. The zero-order valence-electron chi connectivity index (χ0n) is 16.2. The molecule has 4 amide bonds. The van der Waals surface area contributed by atoms with E-state index in [-0.39, 0.29) is 5.75 Å². The standard InChI is InChI=1S/C19H22N6O3S/c1-3-19(2)16(27)25(17(28)20-19)23-14(26)11-29-18-22-21-15(12-9-10-12)24(18)13-7-5-4-6-8-13/h4-8,12H,3,9-11H2,1-2H3,(H,20,28)(H,23,26). The summed E-state index contributed by atoms with van der Waals surface area (Å²) in [5.41, 5.74) is 2.34. The Balaban J connectivity index is 1.45. The molecule has 4 rings (SSSR count). The smallest absolute Gasteiger partial charge is 0.322 e. The highest BCUT2D eigenvalue weighted by Gasteiger charge is 2.47. The number of hydrogen-bond donors (Lipinski definition) is 2. The molecule has 1 saturated carbocycles. The van der Waals surface area contributed by atoms with Crippen LogP contribution in [0.1, 0.15) is 44.9 Å². The Hall–Kier alpha value is -2.88. The van der Waals surface area contributed by atoms with E-state index >= 15 is 0 Å². The van der Waals surface area contributed by atoms with Gasteiger partial charge in [0, 0.05) is 11.6 Å². The molecule has 0 spiro atoms. The number of carbonyl (C=O) groups is 3. The number of urea groups is 1. The highest BCUT2D eigenvalue weighted by Crippen LogP contribution is 2.41. The molecule has 1 aliphatic carbocycles. The van der Waals surface area contributed by atoms with Gasteiger partial charge in [-0.05, 0) is 38.3 Å². The minimum Gasteiger partial charge on any atom is -0.322 e. The van der Waals surface area contributed by atoms with Gasteiger partial charge in [0.1, 0.15) is 11.4 Å². The van der Waals surface area contributed by atoms with E-state index in [9.17, 15) is 14.4 Å². The molecule has 1 atom stereocenters. The lowest BCUT2D eigenvalue weighted by Crippen LogP contribution is -2.49. The molecule has 1 aromatic heterocycles. The number of aromatic nitrogens is 3. The summed E-state index contributed by atoms with van der Waals surface area (Å²) in [5.74, 6) is 0.354. The van der Waals surface area contributed by atoms with Crippen molar-refractivity contribution in [3.05, 3.63) is 36.2 Å². The van der Waals surface area contributed by atoms with Crippen molar-refractivity contribution in [2.75, 3.05) is 5.75 Å². The van der Waals surface area contributed by atoms with E-state index in [1.807, 2.05) is 34.9 Å². The van der Waals surface area contributed by atoms with Gasteiger partial charge in [-0.3, -0.25) is 19.6 Å². The van der Waals surface area contributed by atoms with E-state index in [0.29, 0.717) is 17.5 Å². The van der Waals surface area contributed by atoms with Crippen molar-refractivity contribution < 1.29 is 14.4 Å². The number of amides is 4. The van der Waals surface area contributed by atoms with E-state index in [4.69, 9.17) is 0 Å². The fraction of sp³-hybridized carbons (Fsp3) is 0.421. The van der Waals surface area contributed by atoms with E-state index in [1.54, 1.807) is 13.8 Å². The first-order chi connectivity index (χ1) is 13.9. The molecule has 1 saturated heterocycles. The topological polar surface area (TPSA) is 109 Å². The summed E-state index contributed by atoms with van der Waals surface area (Å²) in [6.45, 7) is 3.43. The Morgan fingerprint density at radius 3 is 2.62 bits per heavy atom. The van der Waals surface area contributed by atoms with Crippen molar-refractivity contribution in [2.45, 2.75) is 49.7 Å². The molecule has 2 aliphatic rings. The van der Waals surface area contributed by atoms with E-state index in [2.05, 4.69) is 20.9 Å². The highest BCUT2D eigenvalue weighted by molar-refractivity contribution is 7.99. The maximum Gasteiger partial charge on any atom is 0.344 e. The van der Waals surface area contributed by atoms with Gasteiger partial charge in [-0.25, -0.2) is 4.79 Å². The van der Waals surface area contributed by atoms with Crippen LogP contribution in [0.15, 0.2) is 35.5 Å². The Morgan fingerprint density at radius 2 is 2.00 bits per heavy atom. The van der Waals surface area contributed by atoms with Crippen LogP contribution in [0.25, 0.3) is 5.69 Å².